The summed E-state index contributed by atoms with van der Waals surface area (Å²) < 4.78 is 24.9. The van der Waals surface area contributed by atoms with Crippen molar-refractivity contribution in [1.29, 1.82) is 0 Å². The van der Waals surface area contributed by atoms with Gasteiger partial charge in [-0.3, -0.25) is 24.0 Å². The van der Waals surface area contributed by atoms with Gasteiger partial charge in [0.15, 0.2) is 17.5 Å². The first kappa shape index (κ1) is 54.1. The Balaban J connectivity index is 0.789. The predicted octanol–water partition coefficient (Wildman–Crippen LogP) is 12.8. The zero-order valence-electron chi connectivity index (χ0n) is 50.5. The number of pyridine rings is 5. The van der Waals surface area contributed by atoms with Crippen LogP contribution in [0.4, 0.5) is 0 Å². The molecular weight excluding hydrogens is 1070 g/mol. The quantitative estimate of drug-likeness (QED) is 0.143. The SMILES string of the molecule is CC1(C)OC(C)(C)C2=C1C(O)N=C1c3ccc(C(C)(C)CCC4(C)OC(C)(C)c5c4c(=O)nc4c6ccc(CC7(C)OC(C)(C)c8c7c(=O)nc7c9ccc(-c%10ccccc%10)nc9c9ccccc9n87)nc6c(-c6ccccc6)cn54)nc3C=CN12. The number of para-hydroxylation sites is 1. The lowest BCUT2D eigenvalue weighted by molar-refractivity contribution is -0.123. The highest BCUT2D eigenvalue weighted by atomic mass is 16.5. The highest BCUT2D eigenvalue weighted by molar-refractivity contribution is 6.10. The molecule has 15 rings (SSSR count). The van der Waals surface area contributed by atoms with Gasteiger partial charge in [0.1, 0.15) is 28.2 Å². The van der Waals surface area contributed by atoms with Gasteiger partial charge in [-0.15, -0.1) is 0 Å². The molecule has 0 bridgehead atoms. The fourth-order valence-electron chi connectivity index (χ4n) is 15.2. The van der Waals surface area contributed by atoms with Crippen LogP contribution in [0.5, 0.6) is 0 Å². The maximum atomic E-state index is 15.0. The number of rotatable bonds is 8. The van der Waals surface area contributed by atoms with Gasteiger partial charge in [0.05, 0.1) is 67.4 Å². The number of hydrogen-bond donors (Lipinski definition) is 1. The van der Waals surface area contributed by atoms with Crippen LogP contribution < -0.4 is 11.1 Å². The van der Waals surface area contributed by atoms with Crippen molar-refractivity contribution in [3.05, 3.63) is 211 Å². The van der Waals surface area contributed by atoms with Crippen LogP contribution in [-0.2, 0) is 48.5 Å². The molecule has 10 aromatic rings. The van der Waals surface area contributed by atoms with Gasteiger partial charge in [-0.2, -0.15) is 9.97 Å². The van der Waals surface area contributed by atoms with Crippen LogP contribution in [0.3, 0.4) is 0 Å². The van der Waals surface area contributed by atoms with E-state index in [0.717, 1.165) is 83.8 Å². The Hall–Kier alpha value is -8.60. The van der Waals surface area contributed by atoms with Crippen LogP contribution in [-0.4, -0.2) is 67.0 Å². The summed E-state index contributed by atoms with van der Waals surface area (Å²) in [7, 11) is 0. The van der Waals surface area contributed by atoms with Gasteiger partial charge in [-0.05, 0) is 136 Å². The van der Waals surface area contributed by atoms with E-state index in [4.69, 9.17) is 44.1 Å². The van der Waals surface area contributed by atoms with Crippen LogP contribution in [0, 0.1) is 0 Å². The summed E-state index contributed by atoms with van der Waals surface area (Å²) >= 11 is 0. The number of aliphatic hydroxyl groups is 1. The molecule has 1 N–H and O–H groups in total. The van der Waals surface area contributed by atoms with E-state index < -0.39 is 45.2 Å². The predicted molar refractivity (Wildman–Crippen MR) is 335 cm³/mol. The molecule has 0 aliphatic carbocycles. The summed E-state index contributed by atoms with van der Waals surface area (Å²) in [5.41, 5.74) is 7.70. The van der Waals surface area contributed by atoms with Crippen molar-refractivity contribution in [1.82, 2.24) is 38.6 Å². The van der Waals surface area contributed by atoms with Gasteiger partial charge in [0.2, 0.25) is 0 Å². The van der Waals surface area contributed by atoms with Crippen molar-refractivity contribution in [2.75, 3.05) is 0 Å². The minimum Gasteiger partial charge on any atom is -0.368 e. The molecule has 15 heteroatoms. The number of fused-ring (bicyclic) bond motifs is 17. The summed E-state index contributed by atoms with van der Waals surface area (Å²) in [6, 6.07) is 40.4. The Kier molecular flexibility index (Phi) is 11.3. The molecule has 0 spiro atoms. The summed E-state index contributed by atoms with van der Waals surface area (Å²) in [6.07, 6.45) is 6.37. The molecule has 432 valence electrons. The number of aliphatic imine (C=N–C) groups is 1. The number of aromatic nitrogens is 7. The third-order valence-electron chi connectivity index (χ3n) is 18.7. The van der Waals surface area contributed by atoms with Crippen LogP contribution in [0.1, 0.15) is 141 Å². The average Bonchev–Trinajstić information content (AvgIpc) is 1.48. The van der Waals surface area contributed by atoms with Gasteiger partial charge >= 0.3 is 0 Å². The van der Waals surface area contributed by atoms with Crippen LogP contribution >= 0.6 is 0 Å². The van der Waals surface area contributed by atoms with Gasteiger partial charge in [-0.1, -0.05) is 92.7 Å². The van der Waals surface area contributed by atoms with Crippen molar-refractivity contribution in [3.63, 3.8) is 0 Å². The third-order valence-corrected chi connectivity index (χ3v) is 18.7. The lowest BCUT2D eigenvalue weighted by Crippen LogP contribution is -2.42. The highest BCUT2D eigenvalue weighted by Crippen LogP contribution is 2.53. The average molecular weight is 1140 g/mol. The van der Waals surface area contributed by atoms with Crippen molar-refractivity contribution >= 4 is 55.9 Å². The van der Waals surface area contributed by atoms with E-state index in [1.54, 1.807) is 0 Å². The molecule has 0 saturated heterocycles. The highest BCUT2D eigenvalue weighted by Gasteiger charge is 2.55. The minimum atomic E-state index is -1.15. The van der Waals surface area contributed by atoms with Crippen molar-refractivity contribution < 1.29 is 19.3 Å². The van der Waals surface area contributed by atoms with Crippen molar-refractivity contribution in [3.8, 4) is 22.4 Å². The molecule has 3 aromatic carbocycles. The molecular formula is C71H67N9O6. The second-order valence-electron chi connectivity index (χ2n) is 27.0. The second-order valence-corrected chi connectivity index (χ2v) is 27.0. The zero-order valence-corrected chi connectivity index (χ0v) is 50.5. The van der Waals surface area contributed by atoms with E-state index in [-0.39, 0.29) is 17.5 Å². The first-order valence-corrected chi connectivity index (χ1v) is 29.7. The monoisotopic (exact) mass is 1140 g/mol. The van der Waals surface area contributed by atoms with Crippen LogP contribution in [0.15, 0.2) is 160 Å². The van der Waals surface area contributed by atoms with E-state index in [2.05, 4.69) is 48.7 Å². The van der Waals surface area contributed by atoms with Gasteiger partial charge < -0.3 is 28.6 Å². The molecule has 86 heavy (non-hydrogen) atoms. The van der Waals surface area contributed by atoms with E-state index in [9.17, 15) is 14.7 Å². The maximum Gasteiger partial charge on any atom is 0.279 e. The molecule has 7 aromatic heterocycles. The van der Waals surface area contributed by atoms with Crippen molar-refractivity contribution in [2.45, 2.75) is 148 Å². The molecule has 3 unspecified atom stereocenters. The molecule has 3 atom stereocenters. The fourth-order valence-corrected chi connectivity index (χ4v) is 15.2. The lowest BCUT2D eigenvalue weighted by atomic mass is 9.78. The number of amidine groups is 1. The summed E-state index contributed by atoms with van der Waals surface area (Å²) in [5, 5.41) is 13.8. The molecule has 0 saturated carbocycles. The lowest BCUT2D eigenvalue weighted by Gasteiger charge is -2.37. The Morgan fingerprint density at radius 3 is 1.97 bits per heavy atom. The zero-order chi connectivity index (χ0) is 60.0. The smallest absolute Gasteiger partial charge is 0.279 e. The number of hydrogen-bond acceptors (Lipinski definition) is 13. The van der Waals surface area contributed by atoms with E-state index in [1.165, 1.54) is 0 Å². The van der Waals surface area contributed by atoms with Crippen molar-refractivity contribution in [2.24, 2.45) is 4.99 Å². The number of aliphatic hydroxyl groups excluding tert-OH is 1. The van der Waals surface area contributed by atoms with Gasteiger partial charge in [0, 0.05) is 74.0 Å². The van der Waals surface area contributed by atoms with Gasteiger partial charge in [0.25, 0.3) is 11.1 Å². The van der Waals surface area contributed by atoms with Gasteiger partial charge in [-0.25, -0.2) is 9.98 Å². The molecule has 0 fully saturated rings. The summed E-state index contributed by atoms with van der Waals surface area (Å²) in [6.45, 7) is 24.4. The number of ether oxygens (including phenoxy) is 3. The van der Waals surface area contributed by atoms with E-state index in [0.29, 0.717) is 57.7 Å². The maximum absolute atomic E-state index is 15.0. The first-order chi connectivity index (χ1) is 40.8. The first-order valence-electron chi connectivity index (χ1n) is 29.7. The van der Waals surface area contributed by atoms with Crippen LogP contribution in [0.25, 0.3) is 72.5 Å². The molecule has 0 radical (unpaired) electrons. The minimum absolute atomic E-state index is 0.247. The summed E-state index contributed by atoms with van der Waals surface area (Å²) in [5.74, 6) is 0.637. The molecule has 5 aliphatic heterocycles. The second kappa shape index (κ2) is 18.0. The molecule has 12 heterocycles. The third kappa shape index (κ3) is 7.86. The number of benzene rings is 3. The fraction of sp³-hybridized carbons (Fsp3) is 0.324. The number of nitrogens with zero attached hydrogens (tertiary/aromatic N) is 9. The Morgan fingerprint density at radius 2 is 1.22 bits per heavy atom. The molecule has 0 amide bonds. The molecule has 15 nitrogen and oxygen atoms in total. The Morgan fingerprint density at radius 1 is 0.581 bits per heavy atom. The Bertz CT molecular complexity index is 4870. The molecule has 5 aliphatic rings. The Labute approximate surface area is 497 Å². The summed E-state index contributed by atoms with van der Waals surface area (Å²) in [4.78, 5) is 62.5. The topological polar surface area (TPSA) is 171 Å². The normalized spacial score (nSPS) is 22.2. The van der Waals surface area contributed by atoms with E-state index >= 15 is 0 Å². The van der Waals surface area contributed by atoms with E-state index in [1.807, 2.05) is 188 Å². The largest absolute Gasteiger partial charge is 0.368 e. The standard InChI is InChI=1S/C71H67N9O6/c1-65(2,50-32-30-42-48(73-50)33-36-78-56-51(62(81)75-59(42)78)66(3,4)84-67(56,5)6)34-35-70(11)52-57(68(7,8)85-70)79-38-46(39-21-15-13-16-22-39)55-44(60(79)76-63(52)82)28-27-41(72-55)37-71(12)53-58(69(9,10)86-71)80-49-26-20-19-25-43(49)54-45(61(80)77-64(53)83)29-31-47(74-54)40-23-17-14-18-24-40/h13-33,36,38,62,81H,34-35,37H2,1-12H3. The van der Waals surface area contributed by atoms with Crippen LogP contribution in [0.2, 0.25) is 0 Å².